The number of nitrogens with one attached hydrogen (secondary N) is 2. The van der Waals surface area contributed by atoms with Gasteiger partial charge in [0.1, 0.15) is 0 Å². The molecule has 2 saturated heterocycles. The number of hydrogen-bond acceptors (Lipinski definition) is 8. The van der Waals surface area contributed by atoms with Crippen molar-refractivity contribution < 1.29 is 24.3 Å². The van der Waals surface area contributed by atoms with Crippen molar-refractivity contribution in [2.75, 3.05) is 42.9 Å². The van der Waals surface area contributed by atoms with Crippen LogP contribution in [0.5, 0.6) is 0 Å². The van der Waals surface area contributed by atoms with Gasteiger partial charge in [-0.3, -0.25) is 15.0 Å². The molecule has 6 rings (SSSR count). The fourth-order valence-corrected chi connectivity index (χ4v) is 5.97. The van der Waals surface area contributed by atoms with E-state index in [4.69, 9.17) is 9.47 Å². The third-order valence-electron chi connectivity index (χ3n) is 8.61. The molecule has 4 aromatic carbocycles. The number of nitro benzene ring substituents is 1. The van der Waals surface area contributed by atoms with Crippen LogP contribution in [0.25, 0.3) is 0 Å². The smallest absolute Gasteiger partial charge is 0.319 e. The van der Waals surface area contributed by atoms with Gasteiger partial charge in [0, 0.05) is 74.8 Å². The number of hydrogen-bond donors (Lipinski definition) is 3. The van der Waals surface area contributed by atoms with Crippen molar-refractivity contribution in [3.63, 3.8) is 0 Å². The first-order valence-corrected chi connectivity index (χ1v) is 15.8. The van der Waals surface area contributed by atoms with Gasteiger partial charge in [0.05, 0.1) is 23.7 Å². The Bertz CT molecular complexity index is 1610. The lowest BCUT2D eigenvalue weighted by Gasteiger charge is -2.41. The standard InChI is InChI=1S/C36H39N5O6/c42-25-27-6-8-28(9-7-27)34-22-33(24-39-18-20-40(21-19-39)31-14-16-32(17-15-31)41(44)45)46-35(47-34)29-10-12-30(13-11-29)38-36(43)37-23-26-4-2-1-3-5-26/h1-17,33-35,42H,18-25H2,(H2,37,38,43). The van der Waals surface area contributed by atoms with Crippen LogP contribution >= 0.6 is 0 Å². The SMILES string of the molecule is O=C(NCc1ccccc1)Nc1ccc(C2OC(CN3CCN(c4ccc([N+](=O)[O-])cc4)CC3)CC(c3ccc(CO)cc3)O2)cc1. The summed E-state index contributed by atoms with van der Waals surface area (Å²) in [5.41, 5.74) is 5.47. The number of nitro groups is 1. The van der Waals surface area contributed by atoms with Crippen LogP contribution < -0.4 is 15.5 Å². The molecule has 0 spiro atoms. The number of aliphatic hydroxyl groups is 1. The van der Waals surface area contributed by atoms with Crippen LogP contribution in [0.2, 0.25) is 0 Å². The molecule has 3 N–H and O–H groups in total. The highest BCUT2D eigenvalue weighted by Gasteiger charge is 2.34. The lowest BCUT2D eigenvalue weighted by molar-refractivity contribution is -0.384. The second kappa shape index (κ2) is 15.2. The normalized spacial score (nSPS) is 20.0. The number of piperazine rings is 1. The molecule has 244 valence electrons. The van der Waals surface area contributed by atoms with Crippen LogP contribution in [0.15, 0.2) is 103 Å². The zero-order valence-corrected chi connectivity index (χ0v) is 26.0. The summed E-state index contributed by atoms with van der Waals surface area (Å²) in [5, 5.41) is 26.3. The number of nitrogens with zero attached hydrogens (tertiary/aromatic N) is 3. The summed E-state index contributed by atoms with van der Waals surface area (Å²) in [6.07, 6.45) is -0.212. The van der Waals surface area contributed by atoms with Crippen molar-refractivity contribution >= 4 is 23.1 Å². The van der Waals surface area contributed by atoms with Gasteiger partial charge in [0.2, 0.25) is 0 Å². The molecule has 0 aliphatic carbocycles. The first-order valence-electron chi connectivity index (χ1n) is 15.8. The van der Waals surface area contributed by atoms with Gasteiger partial charge in [-0.2, -0.15) is 0 Å². The molecule has 2 aliphatic rings. The molecular formula is C36H39N5O6. The van der Waals surface area contributed by atoms with E-state index in [9.17, 15) is 20.0 Å². The third kappa shape index (κ3) is 8.52. The molecule has 2 heterocycles. The number of amides is 2. The summed E-state index contributed by atoms with van der Waals surface area (Å²) >= 11 is 0. The number of carbonyl (C=O) groups is 1. The van der Waals surface area contributed by atoms with E-state index in [-0.39, 0.29) is 35.5 Å². The van der Waals surface area contributed by atoms with E-state index in [1.54, 1.807) is 12.1 Å². The Morgan fingerprint density at radius 1 is 0.830 bits per heavy atom. The minimum Gasteiger partial charge on any atom is -0.392 e. The molecule has 0 radical (unpaired) electrons. The van der Waals surface area contributed by atoms with Crippen molar-refractivity contribution in [2.24, 2.45) is 0 Å². The van der Waals surface area contributed by atoms with E-state index < -0.39 is 6.29 Å². The first kappa shape index (κ1) is 32.1. The molecule has 0 aromatic heterocycles. The van der Waals surface area contributed by atoms with Crippen molar-refractivity contribution in [2.45, 2.75) is 38.1 Å². The number of aliphatic hydroxyl groups excluding tert-OH is 1. The molecule has 3 atom stereocenters. The lowest BCUT2D eigenvalue weighted by Crippen LogP contribution is -2.49. The second-order valence-corrected chi connectivity index (χ2v) is 11.8. The number of ether oxygens (including phenoxy) is 2. The Morgan fingerprint density at radius 3 is 2.17 bits per heavy atom. The summed E-state index contributed by atoms with van der Waals surface area (Å²) in [5.74, 6) is 0. The fourth-order valence-electron chi connectivity index (χ4n) is 5.97. The van der Waals surface area contributed by atoms with Gasteiger partial charge < -0.3 is 30.1 Å². The number of anilines is 2. The van der Waals surface area contributed by atoms with Gasteiger partial charge in [-0.25, -0.2) is 4.79 Å². The molecule has 2 aliphatic heterocycles. The quantitative estimate of drug-likeness (QED) is 0.148. The van der Waals surface area contributed by atoms with Crippen LogP contribution in [0.3, 0.4) is 0 Å². The molecule has 2 fully saturated rings. The van der Waals surface area contributed by atoms with E-state index >= 15 is 0 Å². The minimum atomic E-state index is -0.598. The molecule has 2 amide bonds. The van der Waals surface area contributed by atoms with Gasteiger partial charge in [0.15, 0.2) is 6.29 Å². The van der Waals surface area contributed by atoms with E-state index in [2.05, 4.69) is 20.4 Å². The Hall–Kier alpha value is -4.81. The van der Waals surface area contributed by atoms with Crippen molar-refractivity contribution in [1.82, 2.24) is 10.2 Å². The van der Waals surface area contributed by atoms with Gasteiger partial charge in [-0.15, -0.1) is 0 Å². The summed E-state index contributed by atoms with van der Waals surface area (Å²) in [4.78, 5) is 27.8. The average Bonchev–Trinajstić information content (AvgIpc) is 3.12. The number of non-ortho nitro benzene ring substituents is 1. The van der Waals surface area contributed by atoms with E-state index in [0.29, 0.717) is 18.7 Å². The zero-order chi connectivity index (χ0) is 32.6. The fraction of sp³-hybridized carbons (Fsp3) is 0.306. The summed E-state index contributed by atoms with van der Waals surface area (Å²) < 4.78 is 13.0. The van der Waals surface area contributed by atoms with E-state index in [0.717, 1.165) is 60.7 Å². The van der Waals surface area contributed by atoms with Crippen LogP contribution in [0, 0.1) is 10.1 Å². The Labute approximate surface area is 273 Å². The van der Waals surface area contributed by atoms with Crippen molar-refractivity contribution in [3.05, 3.63) is 135 Å². The Balaban J connectivity index is 1.09. The van der Waals surface area contributed by atoms with Crippen molar-refractivity contribution in [3.8, 4) is 0 Å². The summed E-state index contributed by atoms with van der Waals surface area (Å²) in [7, 11) is 0. The first-order chi connectivity index (χ1) is 22.9. The molecule has 4 aromatic rings. The summed E-state index contributed by atoms with van der Waals surface area (Å²) in [6.45, 7) is 4.45. The van der Waals surface area contributed by atoms with Crippen LogP contribution in [0.4, 0.5) is 21.9 Å². The highest BCUT2D eigenvalue weighted by molar-refractivity contribution is 5.89. The third-order valence-corrected chi connectivity index (χ3v) is 8.61. The minimum absolute atomic E-state index is 0.0172. The highest BCUT2D eigenvalue weighted by Crippen LogP contribution is 2.38. The second-order valence-electron chi connectivity index (χ2n) is 11.8. The summed E-state index contributed by atoms with van der Waals surface area (Å²) in [6, 6.07) is 31.5. The van der Waals surface area contributed by atoms with Crippen LogP contribution in [0.1, 0.15) is 41.1 Å². The monoisotopic (exact) mass is 637 g/mol. The number of benzene rings is 4. The topological polar surface area (TPSA) is 129 Å². The Kier molecular flexibility index (Phi) is 10.4. The molecule has 0 saturated carbocycles. The molecule has 47 heavy (non-hydrogen) atoms. The lowest BCUT2D eigenvalue weighted by atomic mass is 9.99. The van der Waals surface area contributed by atoms with Gasteiger partial charge in [-0.1, -0.05) is 66.7 Å². The maximum atomic E-state index is 12.5. The van der Waals surface area contributed by atoms with Crippen molar-refractivity contribution in [1.29, 1.82) is 0 Å². The maximum absolute atomic E-state index is 12.5. The van der Waals surface area contributed by atoms with E-state index in [1.807, 2.05) is 91.0 Å². The predicted octanol–water partition coefficient (Wildman–Crippen LogP) is 5.78. The van der Waals surface area contributed by atoms with Gasteiger partial charge >= 0.3 is 6.03 Å². The van der Waals surface area contributed by atoms with Crippen LogP contribution in [-0.2, 0) is 22.6 Å². The predicted molar refractivity (Wildman–Crippen MR) is 179 cm³/mol. The van der Waals surface area contributed by atoms with Crippen LogP contribution in [-0.4, -0.2) is 59.8 Å². The molecule has 3 unspecified atom stereocenters. The maximum Gasteiger partial charge on any atom is 0.319 e. The number of carbonyl (C=O) groups excluding carboxylic acids is 1. The van der Waals surface area contributed by atoms with E-state index in [1.165, 1.54) is 0 Å². The average molecular weight is 638 g/mol. The van der Waals surface area contributed by atoms with Gasteiger partial charge in [0.25, 0.3) is 5.69 Å². The number of urea groups is 1. The molecular weight excluding hydrogens is 598 g/mol. The van der Waals surface area contributed by atoms with Gasteiger partial charge in [-0.05, 0) is 41.0 Å². The Morgan fingerprint density at radius 2 is 1.51 bits per heavy atom. The largest absolute Gasteiger partial charge is 0.392 e. The highest BCUT2D eigenvalue weighted by atomic mass is 16.7. The molecule has 11 nitrogen and oxygen atoms in total. The molecule has 11 heteroatoms. The molecule has 0 bridgehead atoms. The zero-order valence-electron chi connectivity index (χ0n) is 26.0. The number of rotatable bonds is 10.